The molecule has 0 aliphatic heterocycles. The predicted molar refractivity (Wildman–Crippen MR) is 63.6 cm³/mol. The Morgan fingerprint density at radius 3 is 2.62 bits per heavy atom. The standard InChI is InChI=1S/C12H16N2O2/c1-8-4-2-3-5-10(8)9(7-13)6-11(14)12(15)16/h2-5,7,11H,6,13-14H2,1H3,(H,15,16)/b9-7-. The number of carbonyl (C=O) groups is 1. The van der Waals surface area contributed by atoms with Crippen molar-refractivity contribution in [3.05, 3.63) is 41.6 Å². The van der Waals surface area contributed by atoms with Crippen LogP contribution in [-0.4, -0.2) is 17.1 Å². The molecule has 0 aliphatic carbocycles. The van der Waals surface area contributed by atoms with Crippen molar-refractivity contribution in [1.82, 2.24) is 0 Å². The Morgan fingerprint density at radius 1 is 1.50 bits per heavy atom. The minimum absolute atomic E-state index is 0.233. The molecule has 0 saturated heterocycles. The van der Waals surface area contributed by atoms with Crippen molar-refractivity contribution >= 4 is 11.5 Å². The van der Waals surface area contributed by atoms with Crippen molar-refractivity contribution < 1.29 is 9.90 Å². The van der Waals surface area contributed by atoms with Gasteiger partial charge in [-0.25, -0.2) is 0 Å². The summed E-state index contributed by atoms with van der Waals surface area (Å²) < 4.78 is 0. The molecule has 0 radical (unpaired) electrons. The van der Waals surface area contributed by atoms with Crippen LogP contribution in [0.1, 0.15) is 17.5 Å². The van der Waals surface area contributed by atoms with Crippen molar-refractivity contribution in [2.24, 2.45) is 11.5 Å². The summed E-state index contributed by atoms with van der Waals surface area (Å²) in [4.78, 5) is 10.7. The highest BCUT2D eigenvalue weighted by Crippen LogP contribution is 2.21. The van der Waals surface area contributed by atoms with Crippen LogP contribution in [0.15, 0.2) is 30.5 Å². The van der Waals surface area contributed by atoms with Crippen molar-refractivity contribution in [1.29, 1.82) is 0 Å². The Hall–Kier alpha value is -1.81. The minimum Gasteiger partial charge on any atom is -0.480 e. The summed E-state index contributed by atoms with van der Waals surface area (Å²) in [5.41, 5.74) is 13.8. The molecule has 0 amide bonds. The minimum atomic E-state index is -1.02. The summed E-state index contributed by atoms with van der Waals surface area (Å²) >= 11 is 0. The third kappa shape index (κ3) is 2.84. The van der Waals surface area contributed by atoms with Gasteiger partial charge in [-0.3, -0.25) is 4.79 Å². The lowest BCUT2D eigenvalue weighted by Crippen LogP contribution is -2.30. The molecule has 1 atom stereocenters. The SMILES string of the molecule is Cc1ccccc1/C(=C\N)CC(N)C(=O)O. The monoisotopic (exact) mass is 220 g/mol. The molecule has 0 fully saturated rings. The number of nitrogens with two attached hydrogens (primary N) is 2. The molecule has 0 aromatic heterocycles. The third-order valence-corrected chi connectivity index (χ3v) is 2.45. The van der Waals surface area contributed by atoms with Crippen LogP contribution in [0.25, 0.3) is 5.57 Å². The van der Waals surface area contributed by atoms with Crippen molar-refractivity contribution in [3.63, 3.8) is 0 Å². The number of carboxylic acid groups (broad SMARTS) is 1. The van der Waals surface area contributed by atoms with E-state index in [2.05, 4.69) is 0 Å². The highest BCUT2D eigenvalue weighted by atomic mass is 16.4. The molecule has 5 N–H and O–H groups in total. The van der Waals surface area contributed by atoms with E-state index in [4.69, 9.17) is 16.6 Å². The van der Waals surface area contributed by atoms with Gasteiger partial charge in [0.2, 0.25) is 0 Å². The number of rotatable bonds is 4. The van der Waals surface area contributed by atoms with E-state index in [-0.39, 0.29) is 6.42 Å². The molecule has 0 aliphatic rings. The molecule has 1 rings (SSSR count). The fraction of sp³-hybridized carbons (Fsp3) is 0.250. The lowest BCUT2D eigenvalue weighted by atomic mass is 9.96. The summed E-state index contributed by atoms with van der Waals surface area (Å²) in [6.45, 7) is 1.95. The number of carboxylic acids is 1. The quantitative estimate of drug-likeness (QED) is 0.708. The van der Waals surface area contributed by atoms with Crippen LogP contribution in [0.2, 0.25) is 0 Å². The van der Waals surface area contributed by atoms with Crippen LogP contribution in [0, 0.1) is 6.92 Å². The van der Waals surface area contributed by atoms with Gasteiger partial charge in [-0.1, -0.05) is 24.3 Å². The fourth-order valence-electron chi connectivity index (χ4n) is 1.53. The Kier molecular flexibility index (Phi) is 4.08. The van der Waals surface area contributed by atoms with Gasteiger partial charge in [0.05, 0.1) is 0 Å². The van der Waals surface area contributed by atoms with E-state index in [1.54, 1.807) is 0 Å². The first-order chi connectivity index (χ1) is 7.56. The van der Waals surface area contributed by atoms with Crippen molar-refractivity contribution in [2.45, 2.75) is 19.4 Å². The van der Waals surface area contributed by atoms with Crippen LogP contribution < -0.4 is 11.5 Å². The average Bonchev–Trinajstić information content (AvgIpc) is 2.26. The molecular formula is C12H16N2O2. The molecule has 4 nitrogen and oxygen atoms in total. The number of aryl methyl sites for hydroxylation is 1. The zero-order chi connectivity index (χ0) is 12.1. The number of hydrogen-bond acceptors (Lipinski definition) is 3. The molecular weight excluding hydrogens is 204 g/mol. The van der Waals surface area contributed by atoms with Gasteiger partial charge in [-0.05, 0) is 29.8 Å². The summed E-state index contributed by atoms with van der Waals surface area (Å²) in [6.07, 6.45) is 1.65. The maximum absolute atomic E-state index is 10.7. The Morgan fingerprint density at radius 2 is 2.12 bits per heavy atom. The Bertz CT molecular complexity index is 413. The van der Waals surface area contributed by atoms with E-state index in [0.29, 0.717) is 0 Å². The van der Waals surface area contributed by atoms with Crippen LogP contribution in [0.5, 0.6) is 0 Å². The van der Waals surface area contributed by atoms with E-state index >= 15 is 0 Å². The maximum Gasteiger partial charge on any atom is 0.320 e. The van der Waals surface area contributed by atoms with Gasteiger partial charge in [0, 0.05) is 6.42 Å². The van der Waals surface area contributed by atoms with E-state index in [9.17, 15) is 4.79 Å². The first kappa shape index (κ1) is 12.3. The van der Waals surface area contributed by atoms with Crippen molar-refractivity contribution in [2.75, 3.05) is 0 Å². The smallest absolute Gasteiger partial charge is 0.320 e. The van der Waals surface area contributed by atoms with Crippen molar-refractivity contribution in [3.8, 4) is 0 Å². The molecule has 86 valence electrons. The number of aliphatic carboxylic acids is 1. The average molecular weight is 220 g/mol. The summed E-state index contributed by atoms with van der Waals surface area (Å²) in [7, 11) is 0. The van der Waals surface area contributed by atoms with Gasteiger partial charge in [0.1, 0.15) is 6.04 Å². The number of hydrogen-bond donors (Lipinski definition) is 3. The topological polar surface area (TPSA) is 89.3 Å². The Balaban J connectivity index is 2.93. The largest absolute Gasteiger partial charge is 0.480 e. The highest BCUT2D eigenvalue weighted by molar-refractivity contribution is 5.78. The molecule has 16 heavy (non-hydrogen) atoms. The second kappa shape index (κ2) is 5.32. The molecule has 0 saturated carbocycles. The molecule has 0 heterocycles. The van der Waals surface area contributed by atoms with Crippen LogP contribution in [0.3, 0.4) is 0 Å². The number of benzene rings is 1. The summed E-state index contributed by atoms with van der Waals surface area (Å²) in [5.74, 6) is -1.02. The molecule has 1 aromatic carbocycles. The van der Waals surface area contributed by atoms with Crippen LogP contribution in [0.4, 0.5) is 0 Å². The predicted octanol–water partition coefficient (Wildman–Crippen LogP) is 1.10. The van der Waals surface area contributed by atoms with Gasteiger partial charge in [0.25, 0.3) is 0 Å². The second-order valence-corrected chi connectivity index (χ2v) is 3.66. The lowest BCUT2D eigenvalue weighted by Gasteiger charge is -2.12. The van der Waals surface area contributed by atoms with Gasteiger partial charge in [0.15, 0.2) is 0 Å². The Labute approximate surface area is 94.6 Å². The summed E-state index contributed by atoms with van der Waals surface area (Å²) in [6, 6.07) is 6.74. The lowest BCUT2D eigenvalue weighted by molar-refractivity contribution is -0.138. The molecule has 1 aromatic rings. The zero-order valence-corrected chi connectivity index (χ0v) is 9.18. The van der Waals surface area contributed by atoms with Crippen LogP contribution in [-0.2, 0) is 4.79 Å². The van der Waals surface area contributed by atoms with Gasteiger partial charge >= 0.3 is 5.97 Å². The molecule has 0 bridgehead atoms. The van der Waals surface area contributed by atoms with Gasteiger partial charge < -0.3 is 16.6 Å². The maximum atomic E-state index is 10.7. The highest BCUT2D eigenvalue weighted by Gasteiger charge is 2.15. The summed E-state index contributed by atoms with van der Waals surface area (Å²) in [5, 5.41) is 8.75. The molecule has 1 unspecified atom stereocenters. The van der Waals surface area contributed by atoms with E-state index in [1.165, 1.54) is 6.20 Å². The second-order valence-electron chi connectivity index (χ2n) is 3.66. The van der Waals surface area contributed by atoms with E-state index in [0.717, 1.165) is 16.7 Å². The fourth-order valence-corrected chi connectivity index (χ4v) is 1.53. The third-order valence-electron chi connectivity index (χ3n) is 2.45. The van der Waals surface area contributed by atoms with E-state index < -0.39 is 12.0 Å². The van der Waals surface area contributed by atoms with Gasteiger partial charge in [-0.15, -0.1) is 0 Å². The normalized spacial score (nSPS) is 13.5. The van der Waals surface area contributed by atoms with Gasteiger partial charge in [-0.2, -0.15) is 0 Å². The first-order valence-electron chi connectivity index (χ1n) is 5.01. The molecule has 4 heteroatoms. The first-order valence-corrected chi connectivity index (χ1v) is 5.01. The zero-order valence-electron chi connectivity index (χ0n) is 9.18. The van der Waals surface area contributed by atoms with Crippen LogP contribution >= 0.6 is 0 Å². The molecule has 0 spiro atoms. The van der Waals surface area contributed by atoms with E-state index in [1.807, 2.05) is 31.2 Å².